The van der Waals surface area contributed by atoms with Gasteiger partial charge in [-0.2, -0.15) is 0 Å². The summed E-state index contributed by atoms with van der Waals surface area (Å²) in [5, 5.41) is 0.681. The molecule has 1 N–H and O–H groups in total. The third kappa shape index (κ3) is 7.38. The van der Waals surface area contributed by atoms with Gasteiger partial charge in [-0.3, -0.25) is 9.52 Å². The van der Waals surface area contributed by atoms with Crippen LogP contribution >= 0.6 is 11.3 Å². The summed E-state index contributed by atoms with van der Waals surface area (Å²) in [5.41, 5.74) is 3.04. The number of anilines is 1. The largest absolute Gasteiger partial charge is 0.335 e. The monoisotopic (exact) mass is 544 g/mol. The molecule has 0 unspecified atom stereocenters. The highest BCUT2D eigenvalue weighted by Crippen LogP contribution is 2.39. The molecule has 2 aliphatic carbocycles. The van der Waals surface area contributed by atoms with Crippen LogP contribution < -0.4 is 4.72 Å². The minimum atomic E-state index is -3.53. The molecule has 37 heavy (non-hydrogen) atoms. The first-order valence-electron chi connectivity index (χ1n) is 14.0. The maximum absolute atomic E-state index is 13.2. The van der Waals surface area contributed by atoms with Crippen molar-refractivity contribution in [2.24, 2.45) is 11.8 Å². The van der Waals surface area contributed by atoms with Gasteiger partial charge in [0.25, 0.3) is 0 Å². The fourth-order valence-corrected chi connectivity index (χ4v) is 7.36. The Morgan fingerprint density at radius 3 is 2.27 bits per heavy atom. The molecule has 0 aliphatic heterocycles. The molecule has 7 heteroatoms. The summed E-state index contributed by atoms with van der Waals surface area (Å²) in [6.45, 7) is 10.2. The molecule has 2 saturated carbocycles. The van der Waals surface area contributed by atoms with Crippen molar-refractivity contribution in [3.63, 3.8) is 0 Å². The molecule has 1 aromatic heterocycles. The number of nitrogens with one attached hydrogen (secondary N) is 1. The van der Waals surface area contributed by atoms with Crippen LogP contribution in [0.1, 0.15) is 96.4 Å². The Morgan fingerprint density at radius 2 is 1.70 bits per heavy atom. The van der Waals surface area contributed by atoms with Gasteiger partial charge < -0.3 is 4.90 Å². The molecule has 0 spiro atoms. The van der Waals surface area contributed by atoms with E-state index >= 15 is 0 Å². The van der Waals surface area contributed by atoms with Gasteiger partial charge in [0, 0.05) is 29.4 Å². The molecule has 5 nitrogen and oxygen atoms in total. The van der Waals surface area contributed by atoms with E-state index < -0.39 is 14.8 Å². The average molecular weight is 545 g/mol. The minimum absolute atomic E-state index is 0.313. The summed E-state index contributed by atoms with van der Waals surface area (Å²) in [5.74, 6) is 1.35. The predicted octanol–water partition coefficient (Wildman–Crippen LogP) is 7.62. The van der Waals surface area contributed by atoms with Crippen molar-refractivity contribution < 1.29 is 13.2 Å². The number of carbonyl (C=O) groups excluding carboxylic acids is 1. The van der Waals surface area contributed by atoms with Gasteiger partial charge in [-0.15, -0.1) is 11.3 Å². The van der Waals surface area contributed by atoms with E-state index in [4.69, 9.17) is 0 Å². The van der Waals surface area contributed by atoms with Crippen LogP contribution in [-0.2, 0) is 27.8 Å². The standard InChI is InChI=1S/C30H44N2O3S2/c1-21(2)17-26-19-27(29(36-26)31-37(34,35)30(3,4)5)24-13-11-23(12-14-24)20-32(25-15-16-25)28(33)18-22-9-7-6-8-10-22/h11-14,19,21-22,25,31H,6-10,15-18,20H2,1-5H3. The fourth-order valence-electron chi connectivity index (χ4n) is 5.06. The van der Waals surface area contributed by atoms with E-state index in [0.717, 1.165) is 36.0 Å². The van der Waals surface area contributed by atoms with Crippen LogP contribution in [0, 0.1) is 11.8 Å². The number of sulfonamides is 1. The first kappa shape index (κ1) is 28.2. The molecule has 2 aliphatic rings. The van der Waals surface area contributed by atoms with Gasteiger partial charge in [0.05, 0.1) is 4.75 Å². The molecule has 2 fully saturated rings. The third-order valence-electron chi connectivity index (χ3n) is 7.54. The molecular formula is C30H44N2O3S2. The molecule has 4 rings (SSSR count). The predicted molar refractivity (Wildman–Crippen MR) is 155 cm³/mol. The summed E-state index contributed by atoms with van der Waals surface area (Å²) in [7, 11) is -3.53. The van der Waals surface area contributed by atoms with Crippen LogP contribution in [-0.4, -0.2) is 30.0 Å². The number of benzene rings is 1. The van der Waals surface area contributed by atoms with Crippen molar-refractivity contribution in [2.75, 3.05) is 4.72 Å². The molecule has 0 atom stereocenters. The highest BCUT2D eigenvalue weighted by molar-refractivity contribution is 7.94. The van der Waals surface area contributed by atoms with Gasteiger partial charge in [-0.1, -0.05) is 57.4 Å². The molecule has 0 saturated heterocycles. The van der Waals surface area contributed by atoms with E-state index in [2.05, 4.69) is 53.8 Å². The number of nitrogens with zero attached hydrogens (tertiary/aromatic N) is 1. The molecule has 1 heterocycles. The average Bonchev–Trinajstić information content (AvgIpc) is 3.59. The van der Waals surface area contributed by atoms with Crippen molar-refractivity contribution in [1.82, 2.24) is 4.90 Å². The summed E-state index contributed by atoms with van der Waals surface area (Å²) >= 11 is 1.53. The van der Waals surface area contributed by atoms with Crippen molar-refractivity contribution in [1.29, 1.82) is 0 Å². The van der Waals surface area contributed by atoms with Crippen molar-refractivity contribution in [3.05, 3.63) is 40.8 Å². The quantitative estimate of drug-likeness (QED) is 0.335. The maximum Gasteiger partial charge on any atom is 0.238 e. The first-order valence-corrected chi connectivity index (χ1v) is 16.3. The SMILES string of the molecule is CC(C)Cc1cc(-c2ccc(CN(C(=O)CC3CCCCC3)C3CC3)cc2)c(NS(=O)(=O)C(C)(C)C)s1. The van der Waals surface area contributed by atoms with E-state index in [1.54, 1.807) is 20.8 Å². The molecule has 0 bridgehead atoms. The van der Waals surface area contributed by atoms with Crippen LogP contribution in [0.5, 0.6) is 0 Å². The fraction of sp³-hybridized carbons (Fsp3) is 0.633. The number of thiophene rings is 1. The van der Waals surface area contributed by atoms with E-state index in [1.807, 2.05) is 0 Å². The molecular weight excluding hydrogens is 500 g/mol. The summed E-state index contributed by atoms with van der Waals surface area (Å²) in [6.07, 6.45) is 10.0. The highest BCUT2D eigenvalue weighted by Gasteiger charge is 2.34. The normalized spacial score (nSPS) is 17.2. The zero-order chi connectivity index (χ0) is 26.8. The first-order chi connectivity index (χ1) is 17.4. The second-order valence-electron chi connectivity index (χ2n) is 12.4. The van der Waals surface area contributed by atoms with Crippen LogP contribution in [0.2, 0.25) is 0 Å². The summed E-state index contributed by atoms with van der Waals surface area (Å²) in [4.78, 5) is 16.5. The van der Waals surface area contributed by atoms with Gasteiger partial charge in [0.1, 0.15) is 5.00 Å². The highest BCUT2D eigenvalue weighted by atomic mass is 32.2. The summed E-state index contributed by atoms with van der Waals surface area (Å²) in [6, 6.07) is 10.9. The van der Waals surface area contributed by atoms with Crippen molar-refractivity contribution >= 4 is 32.3 Å². The molecule has 1 aromatic carbocycles. The number of carbonyl (C=O) groups is 1. The van der Waals surface area contributed by atoms with E-state index in [-0.39, 0.29) is 0 Å². The minimum Gasteiger partial charge on any atom is -0.335 e. The van der Waals surface area contributed by atoms with Crippen LogP contribution in [0.15, 0.2) is 30.3 Å². The number of rotatable bonds is 10. The Morgan fingerprint density at radius 1 is 1.05 bits per heavy atom. The van der Waals surface area contributed by atoms with Crippen molar-refractivity contribution in [3.8, 4) is 11.1 Å². The van der Waals surface area contributed by atoms with Gasteiger partial charge in [-0.05, 0) is 81.9 Å². The Hall–Kier alpha value is -1.86. The lowest BCUT2D eigenvalue weighted by atomic mass is 9.86. The Kier molecular flexibility index (Phi) is 8.74. The van der Waals surface area contributed by atoms with Crippen LogP contribution in [0.3, 0.4) is 0 Å². The molecule has 204 valence electrons. The lowest BCUT2D eigenvalue weighted by molar-refractivity contribution is -0.133. The maximum atomic E-state index is 13.2. The Balaban J connectivity index is 1.52. The van der Waals surface area contributed by atoms with E-state index in [0.29, 0.717) is 41.8 Å². The van der Waals surface area contributed by atoms with Crippen LogP contribution in [0.4, 0.5) is 5.00 Å². The number of hydrogen-bond acceptors (Lipinski definition) is 4. The molecule has 1 amide bonds. The van der Waals surface area contributed by atoms with E-state index in [1.165, 1.54) is 48.3 Å². The Bertz CT molecular complexity index is 1170. The summed E-state index contributed by atoms with van der Waals surface area (Å²) < 4.78 is 27.9. The number of hydrogen-bond donors (Lipinski definition) is 1. The van der Waals surface area contributed by atoms with Gasteiger partial charge in [0.15, 0.2) is 0 Å². The van der Waals surface area contributed by atoms with E-state index in [9.17, 15) is 13.2 Å². The van der Waals surface area contributed by atoms with Crippen molar-refractivity contribution in [2.45, 2.75) is 110 Å². The zero-order valence-corrected chi connectivity index (χ0v) is 24.8. The van der Waals surface area contributed by atoms with Gasteiger partial charge >= 0.3 is 0 Å². The second-order valence-corrected chi connectivity index (χ2v) is 16.0. The third-order valence-corrected chi connectivity index (χ3v) is 10.8. The molecule has 2 aromatic rings. The van der Waals surface area contributed by atoms with Gasteiger partial charge in [0.2, 0.25) is 15.9 Å². The molecule has 0 radical (unpaired) electrons. The Labute approximate surface area is 228 Å². The zero-order valence-electron chi connectivity index (χ0n) is 23.2. The lowest BCUT2D eigenvalue weighted by Crippen LogP contribution is -2.34. The van der Waals surface area contributed by atoms with Crippen LogP contribution in [0.25, 0.3) is 11.1 Å². The van der Waals surface area contributed by atoms with Gasteiger partial charge in [-0.25, -0.2) is 8.42 Å². The number of amides is 1. The lowest BCUT2D eigenvalue weighted by Gasteiger charge is -2.27. The smallest absolute Gasteiger partial charge is 0.238 e. The second kappa shape index (κ2) is 11.5. The topological polar surface area (TPSA) is 66.5 Å².